The summed E-state index contributed by atoms with van der Waals surface area (Å²) in [7, 11) is 1.22. The third-order valence-electron chi connectivity index (χ3n) is 5.44. The van der Waals surface area contributed by atoms with Crippen LogP contribution in [0.4, 0.5) is 9.18 Å². The second-order valence-corrected chi connectivity index (χ2v) is 8.21. The number of hydrogen-bond acceptors (Lipinski definition) is 3. The molecule has 31 heavy (non-hydrogen) atoms. The standard InChI is InChI=1S/C24H19BrFNO4/c1-31-24(30)27(21(23(28)29)12-14-10-15(25)13-16(26)11-14)22-19-8-4-2-6-17(19)18-7-3-5-9-20(18)22/h2-11,13,21-22H,12H2,1H3,(H,28,29)/t21-/m0/s1. The lowest BCUT2D eigenvalue weighted by molar-refractivity contribution is -0.143. The Morgan fingerprint density at radius 2 is 1.65 bits per heavy atom. The SMILES string of the molecule is COC(=O)N(C1c2ccccc2-c2ccccc21)[C@@H](Cc1cc(F)cc(Br)c1)C(=O)O. The number of ether oxygens (including phenoxy) is 1. The number of carbonyl (C=O) groups excluding carboxylic acids is 1. The van der Waals surface area contributed by atoms with E-state index >= 15 is 0 Å². The molecular formula is C24H19BrFNO4. The van der Waals surface area contributed by atoms with Crippen LogP contribution in [-0.2, 0) is 16.0 Å². The second-order valence-electron chi connectivity index (χ2n) is 7.29. The molecule has 1 aliphatic carbocycles. The van der Waals surface area contributed by atoms with E-state index in [0.717, 1.165) is 22.3 Å². The fourth-order valence-corrected chi connectivity index (χ4v) is 4.72. The number of amides is 1. The fourth-order valence-electron chi connectivity index (χ4n) is 4.20. The summed E-state index contributed by atoms with van der Waals surface area (Å²) in [6.07, 6.45) is -0.846. The van der Waals surface area contributed by atoms with Crippen molar-refractivity contribution >= 4 is 28.0 Å². The molecule has 0 aliphatic heterocycles. The van der Waals surface area contributed by atoms with Crippen molar-refractivity contribution in [3.05, 3.63) is 93.7 Å². The van der Waals surface area contributed by atoms with E-state index in [0.29, 0.717) is 10.0 Å². The number of methoxy groups -OCH3 is 1. The van der Waals surface area contributed by atoms with Crippen LogP contribution in [0.5, 0.6) is 0 Å². The lowest BCUT2D eigenvalue weighted by Gasteiger charge is -2.34. The molecule has 158 valence electrons. The van der Waals surface area contributed by atoms with Gasteiger partial charge < -0.3 is 9.84 Å². The third kappa shape index (κ3) is 3.93. The average molecular weight is 484 g/mol. The molecule has 1 amide bonds. The highest BCUT2D eigenvalue weighted by atomic mass is 79.9. The zero-order valence-electron chi connectivity index (χ0n) is 16.6. The highest BCUT2D eigenvalue weighted by Crippen LogP contribution is 2.47. The normalized spacial score (nSPS) is 13.3. The minimum absolute atomic E-state index is 0.0817. The molecule has 0 fully saturated rings. The van der Waals surface area contributed by atoms with Crippen molar-refractivity contribution in [1.82, 2.24) is 4.90 Å². The van der Waals surface area contributed by atoms with E-state index in [2.05, 4.69) is 15.9 Å². The number of benzene rings is 3. The van der Waals surface area contributed by atoms with E-state index in [1.165, 1.54) is 24.1 Å². The largest absolute Gasteiger partial charge is 0.480 e. The van der Waals surface area contributed by atoms with Gasteiger partial charge in [-0.25, -0.2) is 14.0 Å². The summed E-state index contributed by atoms with van der Waals surface area (Å²) in [5, 5.41) is 10.1. The van der Waals surface area contributed by atoms with E-state index in [1.54, 1.807) is 6.07 Å². The van der Waals surface area contributed by atoms with Crippen LogP contribution in [0.15, 0.2) is 71.2 Å². The van der Waals surface area contributed by atoms with Crippen LogP contribution >= 0.6 is 15.9 Å². The van der Waals surface area contributed by atoms with Crippen molar-refractivity contribution in [2.75, 3.05) is 7.11 Å². The maximum absolute atomic E-state index is 13.9. The number of fused-ring (bicyclic) bond motifs is 3. The summed E-state index contributed by atoms with van der Waals surface area (Å²) >= 11 is 3.24. The van der Waals surface area contributed by atoms with E-state index in [1.807, 2.05) is 48.5 Å². The number of nitrogens with zero attached hydrogens (tertiary/aromatic N) is 1. The average Bonchev–Trinajstić information content (AvgIpc) is 3.07. The number of carboxylic acids is 1. The molecule has 1 atom stereocenters. The number of hydrogen-bond donors (Lipinski definition) is 1. The summed E-state index contributed by atoms with van der Waals surface area (Å²) in [6.45, 7) is 0. The van der Waals surface area contributed by atoms with Crippen LogP contribution in [0.25, 0.3) is 11.1 Å². The first kappa shape index (κ1) is 21.1. The van der Waals surface area contributed by atoms with Crippen molar-refractivity contribution in [1.29, 1.82) is 0 Å². The number of rotatable bonds is 5. The molecule has 0 spiro atoms. The van der Waals surface area contributed by atoms with Gasteiger partial charge in [0.1, 0.15) is 11.9 Å². The minimum atomic E-state index is -1.27. The van der Waals surface area contributed by atoms with E-state index < -0.39 is 30.0 Å². The summed E-state index contributed by atoms with van der Waals surface area (Å²) in [5.74, 6) is -1.69. The molecule has 1 N–H and O–H groups in total. The Hall–Kier alpha value is -3.19. The molecule has 1 aliphatic rings. The van der Waals surface area contributed by atoms with E-state index in [9.17, 15) is 19.1 Å². The van der Waals surface area contributed by atoms with Crippen molar-refractivity contribution in [3.63, 3.8) is 0 Å². The van der Waals surface area contributed by atoms with Crippen molar-refractivity contribution < 1.29 is 23.8 Å². The molecule has 5 nitrogen and oxygen atoms in total. The maximum atomic E-state index is 13.9. The van der Waals surface area contributed by atoms with Gasteiger partial charge in [-0.15, -0.1) is 0 Å². The fraction of sp³-hybridized carbons (Fsp3) is 0.167. The van der Waals surface area contributed by atoms with Crippen LogP contribution in [0, 0.1) is 5.82 Å². The van der Waals surface area contributed by atoms with Crippen LogP contribution in [0.2, 0.25) is 0 Å². The van der Waals surface area contributed by atoms with Gasteiger partial charge in [-0.05, 0) is 46.0 Å². The Labute approximate surface area is 187 Å². The second kappa shape index (κ2) is 8.51. The highest BCUT2D eigenvalue weighted by Gasteiger charge is 2.42. The number of carboxylic acid groups (broad SMARTS) is 1. The van der Waals surface area contributed by atoms with Crippen LogP contribution in [0.3, 0.4) is 0 Å². The van der Waals surface area contributed by atoms with Gasteiger partial charge in [0.05, 0.1) is 13.2 Å². The smallest absolute Gasteiger partial charge is 0.411 e. The van der Waals surface area contributed by atoms with Gasteiger partial charge in [0.25, 0.3) is 0 Å². The highest BCUT2D eigenvalue weighted by molar-refractivity contribution is 9.10. The van der Waals surface area contributed by atoms with Gasteiger partial charge in [-0.1, -0.05) is 64.5 Å². The topological polar surface area (TPSA) is 66.8 Å². The molecule has 0 saturated heterocycles. The monoisotopic (exact) mass is 483 g/mol. The minimum Gasteiger partial charge on any atom is -0.480 e. The summed E-state index contributed by atoms with van der Waals surface area (Å²) in [5.41, 5.74) is 3.97. The van der Waals surface area contributed by atoms with Crippen LogP contribution in [0.1, 0.15) is 22.7 Å². The summed E-state index contributed by atoms with van der Waals surface area (Å²) in [6, 6.07) is 17.5. The number of aliphatic carboxylic acids is 1. The Kier molecular flexibility index (Phi) is 5.78. The molecule has 0 saturated carbocycles. The van der Waals surface area contributed by atoms with Gasteiger partial charge in [0.15, 0.2) is 0 Å². The molecule has 0 aromatic heterocycles. The van der Waals surface area contributed by atoms with Crippen molar-refractivity contribution in [3.8, 4) is 11.1 Å². The molecule has 0 bridgehead atoms. The number of halogens is 2. The Morgan fingerprint density at radius 3 is 2.16 bits per heavy atom. The zero-order chi connectivity index (χ0) is 22.1. The summed E-state index contributed by atoms with van der Waals surface area (Å²) < 4.78 is 19.4. The van der Waals surface area contributed by atoms with Crippen molar-refractivity contribution in [2.24, 2.45) is 0 Å². The van der Waals surface area contributed by atoms with Gasteiger partial charge in [0, 0.05) is 10.9 Å². The first-order valence-electron chi connectivity index (χ1n) is 9.63. The summed E-state index contributed by atoms with van der Waals surface area (Å²) in [4.78, 5) is 26.5. The van der Waals surface area contributed by atoms with Crippen LogP contribution < -0.4 is 0 Å². The molecule has 7 heteroatoms. The zero-order valence-corrected chi connectivity index (χ0v) is 18.2. The molecule has 0 radical (unpaired) electrons. The predicted molar refractivity (Wildman–Crippen MR) is 117 cm³/mol. The molecular weight excluding hydrogens is 465 g/mol. The first-order chi connectivity index (χ1) is 14.9. The Morgan fingerprint density at radius 1 is 1.06 bits per heavy atom. The van der Waals surface area contributed by atoms with Crippen LogP contribution in [-0.4, -0.2) is 35.2 Å². The van der Waals surface area contributed by atoms with Crippen molar-refractivity contribution in [2.45, 2.75) is 18.5 Å². The predicted octanol–water partition coefficient (Wildman–Crippen LogP) is 5.42. The van der Waals surface area contributed by atoms with Gasteiger partial charge in [-0.3, -0.25) is 4.90 Å². The quantitative estimate of drug-likeness (QED) is 0.525. The maximum Gasteiger partial charge on any atom is 0.411 e. The lowest BCUT2D eigenvalue weighted by atomic mass is 9.98. The lowest BCUT2D eigenvalue weighted by Crippen LogP contribution is -2.48. The molecule has 3 aromatic carbocycles. The Balaban J connectivity index is 1.84. The molecule has 0 heterocycles. The van der Waals surface area contributed by atoms with E-state index in [4.69, 9.17) is 4.74 Å². The molecule has 4 rings (SSSR count). The first-order valence-corrected chi connectivity index (χ1v) is 10.4. The van der Waals surface area contributed by atoms with Gasteiger partial charge >= 0.3 is 12.1 Å². The van der Waals surface area contributed by atoms with Gasteiger partial charge in [0.2, 0.25) is 0 Å². The third-order valence-corrected chi connectivity index (χ3v) is 5.89. The molecule has 0 unspecified atom stereocenters. The number of carbonyl (C=O) groups is 2. The molecule has 3 aromatic rings. The Bertz CT molecular complexity index is 1100. The van der Waals surface area contributed by atoms with E-state index in [-0.39, 0.29) is 6.42 Å². The van der Waals surface area contributed by atoms with Gasteiger partial charge in [-0.2, -0.15) is 0 Å².